The number of sulfone groups is 1. The Labute approximate surface area is 128 Å². The van der Waals surface area contributed by atoms with Crippen molar-refractivity contribution in [2.75, 3.05) is 18.1 Å². The van der Waals surface area contributed by atoms with E-state index in [1.165, 1.54) is 12.8 Å². The van der Waals surface area contributed by atoms with Gasteiger partial charge in [-0.25, -0.2) is 8.42 Å². The highest BCUT2D eigenvalue weighted by Crippen LogP contribution is 2.32. The smallest absolute Gasteiger partial charge is 0.241 e. The quantitative estimate of drug-likeness (QED) is 0.773. The van der Waals surface area contributed by atoms with E-state index in [1.54, 1.807) is 6.92 Å². The first-order valence-electron chi connectivity index (χ1n) is 8.25. The zero-order chi connectivity index (χ0) is 15.5. The largest absolute Gasteiger partial charge is 0.324 e. The van der Waals surface area contributed by atoms with Crippen LogP contribution in [0.1, 0.15) is 52.4 Å². The molecule has 0 aromatic carbocycles. The average molecular weight is 316 g/mol. The molecule has 21 heavy (non-hydrogen) atoms. The molecule has 0 radical (unpaired) electrons. The molecule has 2 atom stereocenters. The Kier molecular flexibility index (Phi) is 5.66. The molecule has 1 heterocycles. The van der Waals surface area contributed by atoms with Crippen LogP contribution in [-0.4, -0.2) is 49.5 Å². The van der Waals surface area contributed by atoms with Crippen LogP contribution in [0.4, 0.5) is 0 Å². The highest BCUT2D eigenvalue weighted by atomic mass is 32.2. The number of carbonyl (C=O) groups is 1. The molecule has 1 aliphatic heterocycles. The molecule has 0 spiro atoms. The van der Waals surface area contributed by atoms with E-state index in [0.717, 1.165) is 25.7 Å². The molecule has 122 valence electrons. The fraction of sp³-hybridized carbons (Fsp3) is 0.933. The van der Waals surface area contributed by atoms with Crippen molar-refractivity contribution in [3.8, 4) is 0 Å². The molecule has 2 aliphatic rings. The molecule has 2 fully saturated rings. The summed E-state index contributed by atoms with van der Waals surface area (Å²) in [7, 11) is -3.03. The number of amides is 1. The van der Waals surface area contributed by atoms with Gasteiger partial charge >= 0.3 is 0 Å². The first-order valence-corrected chi connectivity index (χ1v) is 10.1. The number of nitrogens with one attached hydrogen (secondary N) is 1. The maximum Gasteiger partial charge on any atom is 0.241 e. The zero-order valence-corrected chi connectivity index (χ0v) is 14.0. The molecule has 5 nitrogen and oxygen atoms in total. The zero-order valence-electron chi connectivity index (χ0n) is 13.2. The fourth-order valence-electron chi connectivity index (χ4n) is 3.49. The third kappa shape index (κ3) is 3.97. The molecule has 1 N–H and O–H groups in total. The lowest BCUT2D eigenvalue weighted by Crippen LogP contribution is -2.44. The molecule has 6 heteroatoms. The highest BCUT2D eigenvalue weighted by molar-refractivity contribution is 7.91. The summed E-state index contributed by atoms with van der Waals surface area (Å²) in [6.45, 7) is 4.07. The van der Waals surface area contributed by atoms with Crippen LogP contribution < -0.4 is 5.32 Å². The summed E-state index contributed by atoms with van der Waals surface area (Å²) in [5.74, 6) is 0.814. The van der Waals surface area contributed by atoms with Gasteiger partial charge in [-0.1, -0.05) is 33.1 Å². The Hall–Kier alpha value is -0.620. The summed E-state index contributed by atoms with van der Waals surface area (Å²) in [5, 5.41) is 3.47. The normalized spacial score (nSPS) is 27.7. The third-order valence-corrected chi connectivity index (χ3v) is 6.48. The Morgan fingerprint density at radius 1 is 1.24 bits per heavy atom. The van der Waals surface area contributed by atoms with Crippen LogP contribution in [0.3, 0.4) is 0 Å². The summed E-state index contributed by atoms with van der Waals surface area (Å²) in [5.41, 5.74) is 0. The Morgan fingerprint density at radius 2 is 1.90 bits per heavy atom. The second-order valence-corrected chi connectivity index (χ2v) is 8.74. The molecular formula is C15H28N2O3S. The van der Waals surface area contributed by atoms with E-state index in [-0.39, 0.29) is 29.6 Å². The van der Waals surface area contributed by atoms with Gasteiger partial charge in [0, 0.05) is 12.3 Å². The molecule has 1 amide bonds. The monoisotopic (exact) mass is 316 g/mol. The first-order chi connectivity index (χ1) is 9.98. The molecule has 2 unspecified atom stereocenters. The molecule has 2 rings (SSSR count). The SMILES string of the molecule is CCCC1NC(C2CCCC2)N(CCS(=O)(=O)CC)C1=O. The van der Waals surface area contributed by atoms with E-state index in [9.17, 15) is 13.2 Å². The van der Waals surface area contributed by atoms with Crippen LogP contribution in [0.5, 0.6) is 0 Å². The minimum atomic E-state index is -3.03. The van der Waals surface area contributed by atoms with Gasteiger partial charge in [0.2, 0.25) is 5.91 Å². The average Bonchev–Trinajstić information content (AvgIpc) is 3.07. The molecular weight excluding hydrogens is 288 g/mol. The minimum Gasteiger partial charge on any atom is -0.324 e. The molecule has 1 saturated heterocycles. The summed E-state index contributed by atoms with van der Waals surface area (Å²) in [4.78, 5) is 14.3. The van der Waals surface area contributed by atoms with E-state index < -0.39 is 9.84 Å². The van der Waals surface area contributed by atoms with E-state index in [1.807, 2.05) is 4.90 Å². The van der Waals surface area contributed by atoms with Crippen LogP contribution in [0.25, 0.3) is 0 Å². The van der Waals surface area contributed by atoms with Crippen LogP contribution >= 0.6 is 0 Å². The van der Waals surface area contributed by atoms with Crippen molar-refractivity contribution >= 4 is 15.7 Å². The van der Waals surface area contributed by atoms with Gasteiger partial charge in [0.05, 0.1) is 18.0 Å². The number of rotatable bonds is 7. The van der Waals surface area contributed by atoms with Crippen molar-refractivity contribution in [3.05, 3.63) is 0 Å². The number of nitrogens with zero attached hydrogens (tertiary/aromatic N) is 1. The van der Waals surface area contributed by atoms with Gasteiger partial charge in [-0.2, -0.15) is 0 Å². The van der Waals surface area contributed by atoms with Gasteiger partial charge in [-0.3, -0.25) is 10.1 Å². The lowest BCUT2D eigenvalue weighted by Gasteiger charge is -2.28. The van der Waals surface area contributed by atoms with E-state index >= 15 is 0 Å². The van der Waals surface area contributed by atoms with Crippen molar-refractivity contribution in [1.82, 2.24) is 10.2 Å². The highest BCUT2D eigenvalue weighted by Gasteiger charge is 2.42. The van der Waals surface area contributed by atoms with Crippen LogP contribution in [-0.2, 0) is 14.6 Å². The standard InChI is InChI=1S/C15H28N2O3S/c1-3-7-13-15(18)17(10-11-21(19,20)4-2)14(16-13)12-8-5-6-9-12/h12-14,16H,3-11H2,1-2H3. The summed E-state index contributed by atoms with van der Waals surface area (Å²) >= 11 is 0. The summed E-state index contributed by atoms with van der Waals surface area (Å²) in [6, 6.07) is -0.120. The van der Waals surface area contributed by atoms with Gasteiger partial charge in [0.15, 0.2) is 9.84 Å². The van der Waals surface area contributed by atoms with Crippen LogP contribution in [0.15, 0.2) is 0 Å². The number of hydrogen-bond acceptors (Lipinski definition) is 4. The minimum absolute atomic E-state index is 0.0450. The number of carbonyl (C=O) groups excluding carboxylic acids is 1. The van der Waals surface area contributed by atoms with Crippen molar-refractivity contribution in [3.63, 3.8) is 0 Å². The maximum absolute atomic E-state index is 12.5. The van der Waals surface area contributed by atoms with Crippen molar-refractivity contribution in [2.45, 2.75) is 64.6 Å². The van der Waals surface area contributed by atoms with Gasteiger partial charge in [-0.15, -0.1) is 0 Å². The fourth-order valence-corrected chi connectivity index (χ4v) is 4.26. The lowest BCUT2D eigenvalue weighted by atomic mass is 10.0. The molecule has 0 bridgehead atoms. The van der Waals surface area contributed by atoms with Gasteiger partial charge < -0.3 is 4.90 Å². The molecule has 1 saturated carbocycles. The molecule has 0 aromatic heterocycles. The predicted octanol–water partition coefficient (Wildman–Crippen LogP) is 1.54. The van der Waals surface area contributed by atoms with E-state index in [0.29, 0.717) is 12.5 Å². The summed E-state index contributed by atoms with van der Waals surface area (Å²) in [6.07, 6.45) is 6.55. The van der Waals surface area contributed by atoms with Crippen molar-refractivity contribution in [1.29, 1.82) is 0 Å². The van der Waals surface area contributed by atoms with Gasteiger partial charge in [0.1, 0.15) is 0 Å². The van der Waals surface area contributed by atoms with Crippen molar-refractivity contribution < 1.29 is 13.2 Å². The number of hydrogen-bond donors (Lipinski definition) is 1. The Bertz CT molecular complexity index is 458. The second kappa shape index (κ2) is 7.09. The lowest BCUT2D eigenvalue weighted by molar-refractivity contribution is -0.130. The first kappa shape index (κ1) is 16.7. The third-order valence-electron chi connectivity index (χ3n) is 4.80. The van der Waals surface area contributed by atoms with Gasteiger partial charge in [0.25, 0.3) is 0 Å². The predicted molar refractivity (Wildman–Crippen MR) is 83.6 cm³/mol. The van der Waals surface area contributed by atoms with Gasteiger partial charge in [-0.05, 0) is 25.2 Å². The van der Waals surface area contributed by atoms with E-state index in [4.69, 9.17) is 0 Å². The van der Waals surface area contributed by atoms with Crippen LogP contribution in [0, 0.1) is 5.92 Å². The Balaban J connectivity index is 2.06. The molecule has 0 aromatic rings. The second-order valence-electron chi connectivity index (χ2n) is 6.27. The molecule has 1 aliphatic carbocycles. The Morgan fingerprint density at radius 3 is 2.48 bits per heavy atom. The van der Waals surface area contributed by atoms with Crippen molar-refractivity contribution in [2.24, 2.45) is 5.92 Å². The van der Waals surface area contributed by atoms with Crippen LogP contribution in [0.2, 0.25) is 0 Å². The summed E-state index contributed by atoms with van der Waals surface area (Å²) < 4.78 is 23.5. The maximum atomic E-state index is 12.5. The van der Waals surface area contributed by atoms with E-state index in [2.05, 4.69) is 12.2 Å². The topological polar surface area (TPSA) is 66.5 Å².